The standard InChI is InChI=1S/C24H28N2O3/c1-16-6-10-19(11-7-16)15-24(4,5)26-22(28)14-21(27)25(23(26)29)18(3)20-12-8-17(2)9-13-20/h6-14,18,27H,15H2,1-5H3. The van der Waals surface area contributed by atoms with Crippen LogP contribution in [0.25, 0.3) is 0 Å². The van der Waals surface area contributed by atoms with Crippen LogP contribution < -0.4 is 11.2 Å². The van der Waals surface area contributed by atoms with E-state index in [9.17, 15) is 14.7 Å². The summed E-state index contributed by atoms with van der Waals surface area (Å²) >= 11 is 0. The van der Waals surface area contributed by atoms with Crippen molar-refractivity contribution in [1.29, 1.82) is 0 Å². The van der Waals surface area contributed by atoms with E-state index in [0.29, 0.717) is 6.42 Å². The fraction of sp³-hybridized carbons (Fsp3) is 0.333. The van der Waals surface area contributed by atoms with Crippen LogP contribution in [-0.2, 0) is 12.0 Å². The van der Waals surface area contributed by atoms with Crippen LogP contribution in [0.5, 0.6) is 5.88 Å². The second-order valence-electron chi connectivity index (χ2n) is 8.39. The van der Waals surface area contributed by atoms with E-state index in [2.05, 4.69) is 0 Å². The Labute approximate surface area is 170 Å². The third kappa shape index (κ3) is 4.19. The van der Waals surface area contributed by atoms with Crippen molar-refractivity contribution in [3.05, 3.63) is 97.7 Å². The molecule has 3 aromatic rings. The highest BCUT2D eigenvalue weighted by atomic mass is 16.3. The van der Waals surface area contributed by atoms with Crippen LogP contribution in [0.1, 0.15) is 49.1 Å². The zero-order valence-electron chi connectivity index (χ0n) is 17.6. The average molecular weight is 392 g/mol. The van der Waals surface area contributed by atoms with Crippen molar-refractivity contribution >= 4 is 0 Å². The summed E-state index contributed by atoms with van der Waals surface area (Å²) in [6, 6.07) is 16.6. The fourth-order valence-electron chi connectivity index (χ4n) is 3.74. The first-order valence-electron chi connectivity index (χ1n) is 9.80. The van der Waals surface area contributed by atoms with Gasteiger partial charge < -0.3 is 5.11 Å². The number of nitrogens with zero attached hydrogens (tertiary/aromatic N) is 2. The molecule has 1 heterocycles. The van der Waals surface area contributed by atoms with Crippen LogP contribution in [0.4, 0.5) is 0 Å². The number of aryl methyl sites for hydroxylation is 2. The highest BCUT2D eigenvalue weighted by molar-refractivity contribution is 5.26. The second-order valence-corrected chi connectivity index (χ2v) is 8.39. The number of rotatable bonds is 5. The van der Waals surface area contributed by atoms with Gasteiger partial charge in [-0.25, -0.2) is 4.79 Å². The Bertz CT molecular complexity index is 1120. The summed E-state index contributed by atoms with van der Waals surface area (Å²) < 4.78 is 2.53. The minimum absolute atomic E-state index is 0.324. The van der Waals surface area contributed by atoms with Gasteiger partial charge in [0.1, 0.15) is 0 Å². The van der Waals surface area contributed by atoms with Crippen molar-refractivity contribution in [2.75, 3.05) is 0 Å². The predicted octanol–water partition coefficient (Wildman–Crippen LogP) is 3.92. The van der Waals surface area contributed by atoms with Crippen LogP contribution in [0, 0.1) is 13.8 Å². The molecule has 1 unspecified atom stereocenters. The SMILES string of the molecule is Cc1ccc(CC(C)(C)n2c(=O)cc(O)n(C(C)c3ccc(C)cc3)c2=O)cc1. The van der Waals surface area contributed by atoms with E-state index >= 15 is 0 Å². The fourth-order valence-corrected chi connectivity index (χ4v) is 3.74. The molecule has 1 atom stereocenters. The first-order valence-corrected chi connectivity index (χ1v) is 9.80. The highest BCUT2D eigenvalue weighted by Crippen LogP contribution is 2.23. The molecule has 0 saturated heterocycles. The quantitative estimate of drug-likeness (QED) is 0.716. The van der Waals surface area contributed by atoms with Crippen molar-refractivity contribution in [2.24, 2.45) is 0 Å². The van der Waals surface area contributed by atoms with E-state index in [1.807, 2.05) is 83.1 Å². The Morgan fingerprint density at radius 1 is 0.931 bits per heavy atom. The monoisotopic (exact) mass is 392 g/mol. The lowest BCUT2D eigenvalue weighted by atomic mass is 9.94. The molecule has 1 aromatic heterocycles. The van der Waals surface area contributed by atoms with Gasteiger partial charge >= 0.3 is 5.69 Å². The molecule has 152 valence electrons. The normalized spacial score (nSPS) is 12.7. The Morgan fingerprint density at radius 2 is 1.45 bits per heavy atom. The molecule has 0 fully saturated rings. The molecule has 0 aliphatic carbocycles. The van der Waals surface area contributed by atoms with Crippen LogP contribution in [0.3, 0.4) is 0 Å². The molecule has 0 bridgehead atoms. The summed E-state index contributed by atoms with van der Waals surface area (Å²) in [6.07, 6.45) is 0.520. The van der Waals surface area contributed by atoms with E-state index in [-0.39, 0.29) is 5.88 Å². The van der Waals surface area contributed by atoms with E-state index in [0.717, 1.165) is 28.3 Å². The minimum Gasteiger partial charge on any atom is -0.494 e. The molecule has 0 saturated carbocycles. The van der Waals surface area contributed by atoms with Crippen molar-refractivity contribution in [2.45, 2.75) is 52.6 Å². The first-order chi connectivity index (χ1) is 13.6. The van der Waals surface area contributed by atoms with Crippen LogP contribution >= 0.6 is 0 Å². The van der Waals surface area contributed by atoms with E-state index in [1.165, 1.54) is 9.13 Å². The largest absolute Gasteiger partial charge is 0.494 e. The molecule has 1 N–H and O–H groups in total. The lowest BCUT2D eigenvalue weighted by Crippen LogP contribution is -2.50. The molecule has 0 spiro atoms. The molecule has 0 aliphatic rings. The van der Waals surface area contributed by atoms with Gasteiger partial charge in [-0.1, -0.05) is 59.7 Å². The van der Waals surface area contributed by atoms with E-state index < -0.39 is 22.8 Å². The number of benzene rings is 2. The van der Waals surface area contributed by atoms with Crippen LogP contribution in [0.15, 0.2) is 64.2 Å². The van der Waals surface area contributed by atoms with Crippen molar-refractivity contribution in [3.8, 4) is 5.88 Å². The molecule has 5 heteroatoms. The van der Waals surface area contributed by atoms with Gasteiger partial charge in [-0.2, -0.15) is 0 Å². The van der Waals surface area contributed by atoms with Crippen LogP contribution in [0.2, 0.25) is 0 Å². The first kappa shape index (κ1) is 20.6. The number of aromatic nitrogens is 2. The molecule has 29 heavy (non-hydrogen) atoms. The molecular weight excluding hydrogens is 364 g/mol. The third-order valence-electron chi connectivity index (χ3n) is 5.43. The van der Waals surface area contributed by atoms with E-state index in [1.54, 1.807) is 0 Å². The summed E-state index contributed by atoms with van der Waals surface area (Å²) in [5, 5.41) is 10.4. The summed E-state index contributed by atoms with van der Waals surface area (Å²) in [4.78, 5) is 26.0. The number of aromatic hydroxyl groups is 1. The van der Waals surface area contributed by atoms with Gasteiger partial charge in [0.05, 0.1) is 17.6 Å². The molecular formula is C24H28N2O3. The molecule has 0 amide bonds. The van der Waals surface area contributed by atoms with Gasteiger partial charge in [0.15, 0.2) is 0 Å². The van der Waals surface area contributed by atoms with Gasteiger partial charge in [-0.3, -0.25) is 13.9 Å². The maximum absolute atomic E-state index is 13.3. The molecule has 5 nitrogen and oxygen atoms in total. The lowest BCUT2D eigenvalue weighted by Gasteiger charge is -2.29. The smallest absolute Gasteiger partial charge is 0.334 e. The predicted molar refractivity (Wildman–Crippen MR) is 116 cm³/mol. The summed E-state index contributed by atoms with van der Waals surface area (Å²) in [6.45, 7) is 9.59. The average Bonchev–Trinajstić information content (AvgIpc) is 2.63. The molecule has 0 aliphatic heterocycles. The van der Waals surface area contributed by atoms with Gasteiger partial charge in [0, 0.05) is 0 Å². The van der Waals surface area contributed by atoms with Gasteiger partial charge in [-0.05, 0) is 52.2 Å². The topological polar surface area (TPSA) is 64.2 Å². The zero-order valence-corrected chi connectivity index (χ0v) is 17.6. The summed E-state index contributed by atoms with van der Waals surface area (Å²) in [5.41, 5.74) is 2.42. The van der Waals surface area contributed by atoms with Gasteiger partial charge in [0.2, 0.25) is 5.88 Å². The zero-order chi connectivity index (χ0) is 21.3. The minimum atomic E-state index is -0.758. The van der Waals surface area contributed by atoms with E-state index in [4.69, 9.17) is 0 Å². The summed E-state index contributed by atoms with van der Waals surface area (Å²) in [7, 11) is 0. The lowest BCUT2D eigenvalue weighted by molar-refractivity contribution is 0.298. The van der Waals surface area contributed by atoms with Gasteiger partial charge in [-0.15, -0.1) is 0 Å². The Balaban J connectivity index is 2.09. The highest BCUT2D eigenvalue weighted by Gasteiger charge is 2.28. The third-order valence-corrected chi connectivity index (χ3v) is 5.43. The van der Waals surface area contributed by atoms with Crippen LogP contribution in [-0.4, -0.2) is 14.2 Å². The number of hydrogen-bond donors (Lipinski definition) is 1. The number of hydrogen-bond acceptors (Lipinski definition) is 3. The Morgan fingerprint density at radius 3 is 2.00 bits per heavy atom. The maximum atomic E-state index is 13.3. The Hall–Kier alpha value is -3.08. The van der Waals surface area contributed by atoms with Crippen molar-refractivity contribution < 1.29 is 5.11 Å². The van der Waals surface area contributed by atoms with Gasteiger partial charge in [0.25, 0.3) is 5.56 Å². The summed E-state index contributed by atoms with van der Waals surface area (Å²) in [5.74, 6) is -0.324. The molecule has 0 radical (unpaired) electrons. The van der Waals surface area contributed by atoms with Crippen molar-refractivity contribution in [3.63, 3.8) is 0 Å². The molecule has 2 aromatic carbocycles. The maximum Gasteiger partial charge on any atom is 0.334 e. The second kappa shape index (κ2) is 7.74. The van der Waals surface area contributed by atoms with Crippen molar-refractivity contribution in [1.82, 2.24) is 9.13 Å². The molecule has 3 rings (SSSR count). The Kier molecular flexibility index (Phi) is 5.51.